The van der Waals surface area contributed by atoms with Crippen molar-refractivity contribution in [2.24, 2.45) is 0 Å². The molecule has 1 aromatic carbocycles. The number of piperazine rings is 1. The standard InChI is InChI=1S/C17H26N4S/c1-3-7-18-17-19-15-6-5-14(13-16(15)22-17)21-11-9-20(8-4-2)10-12-21/h5-6,13H,3-4,7-12H2,1-2H3,(H,18,19). The van der Waals surface area contributed by atoms with Gasteiger partial charge in [-0.15, -0.1) is 0 Å². The van der Waals surface area contributed by atoms with Crippen molar-refractivity contribution >= 4 is 32.4 Å². The molecule has 5 heteroatoms. The molecular formula is C17H26N4S. The van der Waals surface area contributed by atoms with Crippen molar-refractivity contribution in [2.75, 3.05) is 49.5 Å². The monoisotopic (exact) mass is 318 g/mol. The molecule has 1 N–H and O–H groups in total. The minimum atomic E-state index is 0.992. The Labute approximate surface area is 137 Å². The summed E-state index contributed by atoms with van der Waals surface area (Å²) in [6.45, 7) is 11.3. The molecule has 0 unspecified atom stereocenters. The molecule has 1 saturated heterocycles. The summed E-state index contributed by atoms with van der Waals surface area (Å²) in [5, 5.41) is 4.43. The molecule has 0 aliphatic carbocycles. The number of aromatic nitrogens is 1. The topological polar surface area (TPSA) is 31.4 Å². The fourth-order valence-electron chi connectivity index (χ4n) is 2.96. The van der Waals surface area contributed by atoms with Crippen molar-refractivity contribution in [1.82, 2.24) is 9.88 Å². The summed E-state index contributed by atoms with van der Waals surface area (Å²) in [4.78, 5) is 9.72. The van der Waals surface area contributed by atoms with Crippen LogP contribution in [0.5, 0.6) is 0 Å². The Morgan fingerprint density at radius 3 is 2.68 bits per heavy atom. The summed E-state index contributed by atoms with van der Waals surface area (Å²) in [5.74, 6) is 0. The lowest BCUT2D eigenvalue weighted by molar-refractivity contribution is 0.258. The molecule has 0 spiro atoms. The van der Waals surface area contributed by atoms with Crippen LogP contribution in [0.15, 0.2) is 18.2 Å². The summed E-state index contributed by atoms with van der Waals surface area (Å²) in [5.41, 5.74) is 2.45. The molecule has 22 heavy (non-hydrogen) atoms. The Morgan fingerprint density at radius 2 is 1.95 bits per heavy atom. The number of rotatable bonds is 6. The molecule has 0 bridgehead atoms. The molecule has 0 saturated carbocycles. The smallest absolute Gasteiger partial charge is 0.183 e. The van der Waals surface area contributed by atoms with Crippen molar-refractivity contribution in [1.29, 1.82) is 0 Å². The number of anilines is 2. The number of nitrogens with zero attached hydrogens (tertiary/aromatic N) is 3. The van der Waals surface area contributed by atoms with Gasteiger partial charge in [-0.3, -0.25) is 4.90 Å². The van der Waals surface area contributed by atoms with Gasteiger partial charge < -0.3 is 10.2 Å². The molecule has 1 aliphatic rings. The van der Waals surface area contributed by atoms with Gasteiger partial charge in [-0.2, -0.15) is 0 Å². The summed E-state index contributed by atoms with van der Waals surface area (Å²) in [7, 11) is 0. The van der Waals surface area contributed by atoms with Crippen LogP contribution in [0.25, 0.3) is 10.2 Å². The number of nitrogens with one attached hydrogen (secondary N) is 1. The molecule has 4 nitrogen and oxygen atoms in total. The van der Waals surface area contributed by atoms with Crippen LogP contribution in [0.4, 0.5) is 10.8 Å². The zero-order valence-electron chi connectivity index (χ0n) is 13.6. The fourth-order valence-corrected chi connectivity index (χ4v) is 3.89. The Hall–Kier alpha value is -1.33. The van der Waals surface area contributed by atoms with E-state index in [0.717, 1.165) is 36.7 Å². The first-order valence-corrected chi connectivity index (χ1v) is 9.23. The zero-order valence-corrected chi connectivity index (χ0v) is 14.5. The second-order valence-corrected chi connectivity index (χ2v) is 6.96. The van der Waals surface area contributed by atoms with Crippen LogP contribution in [0.1, 0.15) is 26.7 Å². The molecule has 3 rings (SSSR count). The van der Waals surface area contributed by atoms with E-state index in [1.807, 2.05) is 0 Å². The molecule has 1 fully saturated rings. The van der Waals surface area contributed by atoms with Crippen LogP contribution in [-0.4, -0.2) is 49.2 Å². The molecule has 120 valence electrons. The van der Waals surface area contributed by atoms with Crippen LogP contribution >= 0.6 is 11.3 Å². The highest BCUT2D eigenvalue weighted by molar-refractivity contribution is 7.22. The number of hydrogen-bond acceptors (Lipinski definition) is 5. The van der Waals surface area contributed by atoms with Gasteiger partial charge in [0, 0.05) is 38.4 Å². The van der Waals surface area contributed by atoms with Gasteiger partial charge in [0.2, 0.25) is 0 Å². The van der Waals surface area contributed by atoms with E-state index in [9.17, 15) is 0 Å². The molecule has 1 aliphatic heterocycles. The number of thiazole rings is 1. The third-order valence-corrected chi connectivity index (χ3v) is 5.15. The summed E-state index contributed by atoms with van der Waals surface area (Å²) in [6.07, 6.45) is 2.38. The molecule has 2 aromatic rings. The van der Waals surface area contributed by atoms with Gasteiger partial charge in [0.15, 0.2) is 5.13 Å². The molecule has 0 atom stereocenters. The van der Waals surface area contributed by atoms with Gasteiger partial charge >= 0.3 is 0 Å². The van der Waals surface area contributed by atoms with Gasteiger partial charge in [0.1, 0.15) is 0 Å². The predicted molar refractivity (Wildman–Crippen MR) is 97.3 cm³/mol. The van der Waals surface area contributed by atoms with Gasteiger partial charge in [0.25, 0.3) is 0 Å². The van der Waals surface area contributed by atoms with E-state index in [1.165, 1.54) is 36.4 Å². The van der Waals surface area contributed by atoms with Crippen LogP contribution in [0, 0.1) is 0 Å². The summed E-state index contributed by atoms with van der Waals surface area (Å²) in [6, 6.07) is 6.69. The maximum Gasteiger partial charge on any atom is 0.183 e. The first-order chi connectivity index (χ1) is 10.8. The molecule has 2 heterocycles. The maximum atomic E-state index is 4.65. The fraction of sp³-hybridized carbons (Fsp3) is 0.588. The highest BCUT2D eigenvalue weighted by atomic mass is 32.1. The van der Waals surface area contributed by atoms with Gasteiger partial charge in [0.05, 0.1) is 10.2 Å². The molecule has 0 amide bonds. The van der Waals surface area contributed by atoms with Gasteiger partial charge in [-0.25, -0.2) is 4.98 Å². The lowest BCUT2D eigenvalue weighted by Crippen LogP contribution is -2.46. The van der Waals surface area contributed by atoms with Crippen molar-refractivity contribution in [2.45, 2.75) is 26.7 Å². The average molecular weight is 318 g/mol. The Bertz CT molecular complexity index is 602. The minimum Gasteiger partial charge on any atom is -0.369 e. The molecular weight excluding hydrogens is 292 g/mol. The Balaban J connectivity index is 1.69. The average Bonchev–Trinajstić information content (AvgIpc) is 2.96. The minimum absolute atomic E-state index is 0.992. The second kappa shape index (κ2) is 7.29. The maximum absolute atomic E-state index is 4.65. The van der Waals surface area contributed by atoms with Crippen LogP contribution in [0.3, 0.4) is 0 Å². The normalized spacial score (nSPS) is 16.4. The quantitative estimate of drug-likeness (QED) is 0.881. The van der Waals surface area contributed by atoms with Crippen molar-refractivity contribution in [3.05, 3.63) is 18.2 Å². The Morgan fingerprint density at radius 1 is 1.14 bits per heavy atom. The van der Waals surface area contributed by atoms with E-state index in [-0.39, 0.29) is 0 Å². The lowest BCUT2D eigenvalue weighted by atomic mass is 10.2. The van der Waals surface area contributed by atoms with Crippen LogP contribution < -0.4 is 10.2 Å². The number of benzene rings is 1. The van der Waals surface area contributed by atoms with Crippen molar-refractivity contribution in [3.63, 3.8) is 0 Å². The van der Waals surface area contributed by atoms with E-state index >= 15 is 0 Å². The first-order valence-electron chi connectivity index (χ1n) is 8.42. The third-order valence-electron chi connectivity index (χ3n) is 4.18. The SMILES string of the molecule is CCCNc1nc2ccc(N3CCN(CCC)CC3)cc2s1. The van der Waals surface area contributed by atoms with Crippen LogP contribution in [0.2, 0.25) is 0 Å². The van der Waals surface area contributed by atoms with E-state index in [2.05, 4.69) is 52.1 Å². The third kappa shape index (κ3) is 3.52. The molecule has 1 aromatic heterocycles. The Kier molecular flexibility index (Phi) is 5.16. The van der Waals surface area contributed by atoms with E-state index in [0.29, 0.717) is 0 Å². The van der Waals surface area contributed by atoms with Crippen LogP contribution in [-0.2, 0) is 0 Å². The van der Waals surface area contributed by atoms with Gasteiger partial charge in [-0.05, 0) is 37.6 Å². The van der Waals surface area contributed by atoms with Gasteiger partial charge in [-0.1, -0.05) is 25.2 Å². The van der Waals surface area contributed by atoms with Crippen molar-refractivity contribution in [3.8, 4) is 0 Å². The second-order valence-electron chi connectivity index (χ2n) is 5.93. The highest BCUT2D eigenvalue weighted by Gasteiger charge is 2.17. The highest BCUT2D eigenvalue weighted by Crippen LogP contribution is 2.30. The number of hydrogen-bond donors (Lipinski definition) is 1. The largest absolute Gasteiger partial charge is 0.369 e. The summed E-state index contributed by atoms with van der Waals surface area (Å²) >= 11 is 1.76. The van der Waals surface area contributed by atoms with E-state index in [1.54, 1.807) is 11.3 Å². The predicted octanol–water partition coefficient (Wildman–Crippen LogP) is 3.65. The summed E-state index contributed by atoms with van der Waals surface area (Å²) < 4.78 is 1.28. The zero-order chi connectivity index (χ0) is 15.4. The first kappa shape index (κ1) is 15.6. The molecule has 0 radical (unpaired) electrons. The lowest BCUT2D eigenvalue weighted by Gasteiger charge is -2.36. The number of fused-ring (bicyclic) bond motifs is 1. The van der Waals surface area contributed by atoms with E-state index < -0.39 is 0 Å². The van der Waals surface area contributed by atoms with E-state index in [4.69, 9.17) is 0 Å². The van der Waals surface area contributed by atoms with Crippen molar-refractivity contribution < 1.29 is 0 Å².